The van der Waals surface area contributed by atoms with E-state index in [0.29, 0.717) is 5.46 Å². The van der Waals surface area contributed by atoms with Crippen molar-refractivity contribution in [1.82, 2.24) is 4.57 Å². The molecule has 0 saturated heterocycles. The maximum absolute atomic E-state index is 9.40. The minimum absolute atomic E-state index is 0.486. The highest BCUT2D eigenvalue weighted by molar-refractivity contribution is 6.58. The van der Waals surface area contributed by atoms with Crippen LogP contribution in [0, 0.1) is 0 Å². The van der Waals surface area contributed by atoms with Gasteiger partial charge in [-0.1, -0.05) is 78.9 Å². The van der Waals surface area contributed by atoms with Crippen molar-refractivity contribution in [2.24, 2.45) is 0 Å². The van der Waals surface area contributed by atoms with E-state index in [4.69, 9.17) is 0 Å². The van der Waals surface area contributed by atoms with Crippen LogP contribution in [0.15, 0.2) is 97.1 Å². The average Bonchev–Trinajstić information content (AvgIpc) is 3.09. The Kier molecular flexibility index (Phi) is 4.01. The summed E-state index contributed by atoms with van der Waals surface area (Å²) in [5.41, 5.74) is 6.06. The Morgan fingerprint density at radius 3 is 2.04 bits per heavy atom. The molecule has 0 bridgehead atoms. The Hall–Kier alpha value is -3.34. The number of benzene rings is 4. The zero-order valence-corrected chi connectivity index (χ0v) is 15.2. The second-order valence-corrected chi connectivity index (χ2v) is 6.89. The van der Waals surface area contributed by atoms with Crippen molar-refractivity contribution in [3.63, 3.8) is 0 Å². The normalized spacial score (nSPS) is 11.2. The van der Waals surface area contributed by atoms with E-state index in [1.807, 2.05) is 18.2 Å². The Labute approximate surface area is 163 Å². The molecule has 0 amide bonds. The van der Waals surface area contributed by atoms with E-state index in [9.17, 15) is 10.0 Å². The van der Waals surface area contributed by atoms with E-state index in [-0.39, 0.29) is 0 Å². The Bertz CT molecular complexity index is 1280. The van der Waals surface area contributed by atoms with Gasteiger partial charge in [0.25, 0.3) is 0 Å². The summed E-state index contributed by atoms with van der Waals surface area (Å²) < 4.78 is 2.30. The van der Waals surface area contributed by atoms with Crippen LogP contribution in [0.2, 0.25) is 0 Å². The van der Waals surface area contributed by atoms with Crippen LogP contribution in [0.3, 0.4) is 0 Å². The quantitative estimate of drug-likeness (QED) is 0.474. The predicted molar refractivity (Wildman–Crippen MR) is 116 cm³/mol. The Balaban J connectivity index is 1.87. The molecule has 2 N–H and O–H groups in total. The van der Waals surface area contributed by atoms with Gasteiger partial charge in [0.2, 0.25) is 0 Å². The number of para-hydroxylation sites is 3. The summed E-state index contributed by atoms with van der Waals surface area (Å²) in [6.07, 6.45) is 0. The van der Waals surface area contributed by atoms with Crippen molar-refractivity contribution in [2.45, 2.75) is 0 Å². The van der Waals surface area contributed by atoms with E-state index >= 15 is 0 Å². The molecule has 0 aliphatic carbocycles. The minimum atomic E-state index is -1.46. The number of hydrogen-bond donors (Lipinski definition) is 2. The fourth-order valence-electron chi connectivity index (χ4n) is 3.93. The topological polar surface area (TPSA) is 45.4 Å². The van der Waals surface area contributed by atoms with Crippen molar-refractivity contribution in [1.29, 1.82) is 0 Å². The maximum atomic E-state index is 9.40. The highest BCUT2D eigenvalue weighted by Crippen LogP contribution is 2.37. The lowest BCUT2D eigenvalue weighted by molar-refractivity contribution is 0.426. The molecule has 1 aromatic heterocycles. The molecule has 0 radical (unpaired) electrons. The second kappa shape index (κ2) is 6.68. The van der Waals surface area contributed by atoms with Crippen LogP contribution in [0.4, 0.5) is 0 Å². The number of fused-ring (bicyclic) bond motifs is 3. The van der Waals surface area contributed by atoms with Crippen molar-refractivity contribution in [3.05, 3.63) is 97.1 Å². The molecule has 3 nitrogen and oxygen atoms in total. The zero-order valence-electron chi connectivity index (χ0n) is 15.2. The first-order valence-corrected chi connectivity index (χ1v) is 9.28. The molecule has 5 aromatic rings. The van der Waals surface area contributed by atoms with Crippen molar-refractivity contribution < 1.29 is 10.0 Å². The van der Waals surface area contributed by atoms with E-state index in [1.165, 1.54) is 16.3 Å². The third-order valence-corrected chi connectivity index (χ3v) is 5.23. The fourth-order valence-corrected chi connectivity index (χ4v) is 3.93. The molecule has 28 heavy (non-hydrogen) atoms. The zero-order chi connectivity index (χ0) is 19.1. The highest BCUT2D eigenvalue weighted by Gasteiger charge is 2.16. The van der Waals surface area contributed by atoms with Crippen LogP contribution in [0.5, 0.6) is 0 Å². The third-order valence-electron chi connectivity index (χ3n) is 5.23. The van der Waals surface area contributed by atoms with Gasteiger partial charge in [0, 0.05) is 22.0 Å². The van der Waals surface area contributed by atoms with Gasteiger partial charge in [-0.15, -0.1) is 0 Å². The largest absolute Gasteiger partial charge is 0.488 e. The SMILES string of the molecule is OB(O)c1ccc(-c2cccc3c4ccccc4n(-c4ccccc4)c23)cc1. The van der Waals surface area contributed by atoms with Gasteiger partial charge < -0.3 is 14.6 Å². The van der Waals surface area contributed by atoms with Gasteiger partial charge >= 0.3 is 7.12 Å². The molecule has 0 aliphatic rings. The van der Waals surface area contributed by atoms with Gasteiger partial charge in [-0.25, -0.2) is 0 Å². The first kappa shape index (κ1) is 16.8. The monoisotopic (exact) mass is 363 g/mol. The summed E-state index contributed by atoms with van der Waals surface area (Å²) in [4.78, 5) is 0. The van der Waals surface area contributed by atoms with Gasteiger partial charge in [0.1, 0.15) is 0 Å². The van der Waals surface area contributed by atoms with E-state index in [0.717, 1.165) is 22.3 Å². The lowest BCUT2D eigenvalue weighted by Crippen LogP contribution is -2.29. The van der Waals surface area contributed by atoms with E-state index in [1.54, 1.807) is 12.1 Å². The first-order chi connectivity index (χ1) is 13.7. The molecular weight excluding hydrogens is 345 g/mol. The second-order valence-electron chi connectivity index (χ2n) is 6.89. The molecular formula is C24H18BNO2. The van der Waals surface area contributed by atoms with Crippen LogP contribution in [0.1, 0.15) is 0 Å². The van der Waals surface area contributed by atoms with Crippen LogP contribution in [0.25, 0.3) is 38.6 Å². The highest BCUT2D eigenvalue weighted by atomic mass is 16.4. The van der Waals surface area contributed by atoms with Crippen LogP contribution >= 0.6 is 0 Å². The van der Waals surface area contributed by atoms with Gasteiger partial charge in [0.05, 0.1) is 11.0 Å². The number of hydrogen-bond acceptors (Lipinski definition) is 2. The summed E-state index contributed by atoms with van der Waals surface area (Å²) >= 11 is 0. The van der Waals surface area contributed by atoms with Crippen LogP contribution < -0.4 is 5.46 Å². The fraction of sp³-hybridized carbons (Fsp3) is 0. The molecule has 134 valence electrons. The van der Waals surface area contributed by atoms with Crippen LogP contribution in [-0.4, -0.2) is 21.7 Å². The van der Waals surface area contributed by atoms with Gasteiger partial charge in [-0.05, 0) is 29.2 Å². The molecule has 0 atom stereocenters. The molecule has 1 heterocycles. The lowest BCUT2D eigenvalue weighted by atomic mass is 9.80. The van der Waals surface area contributed by atoms with Crippen molar-refractivity contribution in [3.8, 4) is 16.8 Å². The summed E-state index contributed by atoms with van der Waals surface area (Å²) in [6, 6.07) is 32.6. The minimum Gasteiger partial charge on any atom is -0.423 e. The van der Waals surface area contributed by atoms with Crippen molar-refractivity contribution >= 4 is 34.4 Å². The number of nitrogens with zero attached hydrogens (tertiary/aromatic N) is 1. The summed E-state index contributed by atoms with van der Waals surface area (Å²) in [7, 11) is -1.46. The maximum Gasteiger partial charge on any atom is 0.488 e. The summed E-state index contributed by atoms with van der Waals surface area (Å²) in [5.74, 6) is 0. The number of rotatable bonds is 3. The molecule has 5 rings (SSSR count). The molecule has 0 aliphatic heterocycles. The van der Waals surface area contributed by atoms with Gasteiger partial charge in [-0.2, -0.15) is 0 Å². The van der Waals surface area contributed by atoms with E-state index in [2.05, 4.69) is 71.3 Å². The molecule has 0 unspecified atom stereocenters. The molecule has 0 spiro atoms. The van der Waals surface area contributed by atoms with E-state index < -0.39 is 7.12 Å². The Morgan fingerprint density at radius 1 is 0.607 bits per heavy atom. The smallest absolute Gasteiger partial charge is 0.423 e. The summed E-state index contributed by atoms with van der Waals surface area (Å²) in [6.45, 7) is 0. The molecule has 4 aromatic carbocycles. The standard InChI is InChI=1S/C24H18BNO2/c27-25(28)18-15-13-17(14-16-18)20-10-6-11-22-21-9-4-5-12-23(21)26(24(20)22)19-7-2-1-3-8-19/h1-16,27-28H. The van der Waals surface area contributed by atoms with Gasteiger partial charge in [0.15, 0.2) is 0 Å². The first-order valence-electron chi connectivity index (χ1n) is 9.28. The van der Waals surface area contributed by atoms with Crippen LogP contribution in [-0.2, 0) is 0 Å². The molecule has 4 heteroatoms. The lowest BCUT2D eigenvalue weighted by Gasteiger charge is -2.12. The predicted octanol–water partition coefficient (Wildman–Crippen LogP) is 4.13. The molecule has 0 saturated carbocycles. The number of aromatic nitrogens is 1. The Morgan fingerprint density at radius 2 is 1.29 bits per heavy atom. The van der Waals surface area contributed by atoms with Crippen molar-refractivity contribution in [2.75, 3.05) is 0 Å². The average molecular weight is 363 g/mol. The molecule has 0 fully saturated rings. The summed E-state index contributed by atoms with van der Waals surface area (Å²) in [5, 5.41) is 21.2. The third kappa shape index (κ3) is 2.62. The van der Waals surface area contributed by atoms with Gasteiger partial charge in [-0.3, -0.25) is 0 Å².